The summed E-state index contributed by atoms with van der Waals surface area (Å²) >= 11 is 6.03. The Balaban J connectivity index is 1.35. The number of hydrogen-bond acceptors (Lipinski definition) is 4. The molecule has 3 aromatic rings. The largest absolute Gasteiger partial charge is 0.491 e. The van der Waals surface area contributed by atoms with Crippen LogP contribution in [-0.2, 0) is 11.3 Å². The third-order valence-electron chi connectivity index (χ3n) is 4.94. The van der Waals surface area contributed by atoms with Crippen LogP contribution in [-0.4, -0.2) is 25.2 Å². The number of ether oxygens (including phenoxy) is 2. The minimum atomic E-state index is -0.247. The number of rotatable bonds is 6. The fourth-order valence-electron chi connectivity index (χ4n) is 3.34. The fraction of sp³-hybridized carbons (Fsp3) is 0.318. The van der Waals surface area contributed by atoms with Crippen LogP contribution in [0.25, 0.3) is 11.0 Å². The number of halogens is 1. The first kappa shape index (κ1) is 18.8. The van der Waals surface area contributed by atoms with Gasteiger partial charge in [-0.25, -0.2) is 0 Å². The van der Waals surface area contributed by atoms with Crippen LogP contribution in [0.1, 0.15) is 34.5 Å². The lowest BCUT2D eigenvalue weighted by atomic mass is 10.1. The molecule has 0 aliphatic carbocycles. The van der Waals surface area contributed by atoms with Crippen molar-refractivity contribution in [3.63, 3.8) is 0 Å². The van der Waals surface area contributed by atoms with Crippen LogP contribution in [0.15, 0.2) is 46.9 Å². The molecular weight excluding hydrogens is 378 g/mol. The van der Waals surface area contributed by atoms with E-state index in [1.165, 1.54) is 0 Å². The molecule has 0 radical (unpaired) electrons. The van der Waals surface area contributed by atoms with Gasteiger partial charge < -0.3 is 19.2 Å². The zero-order valence-electron chi connectivity index (χ0n) is 15.7. The molecule has 1 atom stereocenters. The maximum atomic E-state index is 12.5. The van der Waals surface area contributed by atoms with E-state index in [4.69, 9.17) is 25.5 Å². The van der Waals surface area contributed by atoms with Crippen LogP contribution < -0.4 is 10.1 Å². The van der Waals surface area contributed by atoms with Crippen molar-refractivity contribution >= 4 is 28.5 Å². The summed E-state index contributed by atoms with van der Waals surface area (Å²) in [4.78, 5) is 12.5. The van der Waals surface area contributed by atoms with Gasteiger partial charge in [-0.05, 0) is 55.7 Å². The molecule has 4 rings (SSSR count). The second-order valence-corrected chi connectivity index (χ2v) is 7.41. The van der Waals surface area contributed by atoms with Gasteiger partial charge in [0.25, 0.3) is 5.91 Å². The monoisotopic (exact) mass is 399 g/mol. The lowest BCUT2D eigenvalue weighted by molar-refractivity contribution is 0.0679. The Morgan fingerprint density at radius 1 is 1.25 bits per heavy atom. The molecule has 2 heterocycles. The minimum Gasteiger partial charge on any atom is -0.491 e. The van der Waals surface area contributed by atoms with Gasteiger partial charge in [0.2, 0.25) is 0 Å². The lowest BCUT2D eigenvalue weighted by Crippen LogP contribution is -2.23. The van der Waals surface area contributed by atoms with Crippen LogP contribution in [0.2, 0.25) is 5.02 Å². The highest BCUT2D eigenvalue weighted by atomic mass is 35.5. The first-order valence-corrected chi connectivity index (χ1v) is 9.78. The molecule has 0 spiro atoms. The molecule has 2 aromatic carbocycles. The normalized spacial score (nSPS) is 16.4. The highest BCUT2D eigenvalue weighted by Crippen LogP contribution is 2.28. The summed E-state index contributed by atoms with van der Waals surface area (Å²) in [6.07, 6.45) is 2.35. The van der Waals surface area contributed by atoms with Gasteiger partial charge in [0.15, 0.2) is 5.76 Å². The number of carbonyl (C=O) groups is 1. The van der Waals surface area contributed by atoms with E-state index in [1.54, 1.807) is 12.1 Å². The third-order valence-corrected chi connectivity index (χ3v) is 5.18. The second-order valence-electron chi connectivity index (χ2n) is 6.97. The van der Waals surface area contributed by atoms with Crippen molar-refractivity contribution in [1.82, 2.24) is 5.32 Å². The predicted molar refractivity (Wildman–Crippen MR) is 108 cm³/mol. The Labute approximate surface area is 168 Å². The standard InChI is InChI=1S/C22H22ClNO4/c1-14-19-11-16(23)6-9-20(19)28-21(14)22(25)24-12-15-4-7-17(8-5-15)27-13-18-3-2-10-26-18/h4-9,11,18H,2-3,10,12-13H2,1H3,(H,24,25). The number of aryl methyl sites for hydroxylation is 1. The van der Waals surface area contributed by atoms with E-state index in [9.17, 15) is 4.79 Å². The third kappa shape index (κ3) is 4.16. The lowest BCUT2D eigenvalue weighted by Gasteiger charge is -2.12. The number of benzene rings is 2. The molecule has 1 N–H and O–H groups in total. The first-order valence-electron chi connectivity index (χ1n) is 9.40. The summed E-state index contributed by atoms with van der Waals surface area (Å²) in [6.45, 7) is 3.66. The Kier molecular flexibility index (Phi) is 5.55. The van der Waals surface area contributed by atoms with Crippen LogP contribution in [0.3, 0.4) is 0 Å². The van der Waals surface area contributed by atoms with Crippen LogP contribution in [0.4, 0.5) is 0 Å². The molecule has 1 unspecified atom stereocenters. The van der Waals surface area contributed by atoms with Crippen LogP contribution in [0.5, 0.6) is 5.75 Å². The average Bonchev–Trinajstić information content (AvgIpc) is 3.34. The molecule has 0 bridgehead atoms. The van der Waals surface area contributed by atoms with E-state index in [2.05, 4.69) is 5.32 Å². The molecule has 28 heavy (non-hydrogen) atoms. The number of furan rings is 1. The summed E-state index contributed by atoms with van der Waals surface area (Å²) in [7, 11) is 0. The number of carbonyl (C=O) groups excluding carboxylic acids is 1. The zero-order chi connectivity index (χ0) is 19.5. The summed E-state index contributed by atoms with van der Waals surface area (Å²) in [5.74, 6) is 0.868. The van der Waals surface area contributed by atoms with Crippen molar-refractivity contribution in [3.8, 4) is 5.75 Å². The van der Waals surface area contributed by atoms with Gasteiger partial charge >= 0.3 is 0 Å². The average molecular weight is 400 g/mol. The molecule has 1 aliphatic heterocycles. The molecular formula is C22H22ClNO4. The van der Waals surface area contributed by atoms with Gasteiger partial charge in [0, 0.05) is 29.1 Å². The molecule has 1 fully saturated rings. The smallest absolute Gasteiger partial charge is 0.287 e. The Morgan fingerprint density at radius 3 is 2.82 bits per heavy atom. The number of amides is 1. The van der Waals surface area contributed by atoms with E-state index >= 15 is 0 Å². The van der Waals surface area contributed by atoms with E-state index < -0.39 is 0 Å². The molecule has 146 valence electrons. The Bertz CT molecular complexity index is 974. The first-order chi connectivity index (χ1) is 13.6. The molecule has 1 aromatic heterocycles. The van der Waals surface area contributed by atoms with E-state index in [0.717, 1.165) is 41.7 Å². The van der Waals surface area contributed by atoms with Gasteiger partial charge in [-0.2, -0.15) is 0 Å². The summed E-state index contributed by atoms with van der Waals surface area (Å²) in [6, 6.07) is 13.0. The van der Waals surface area contributed by atoms with E-state index in [0.29, 0.717) is 29.5 Å². The highest BCUT2D eigenvalue weighted by Gasteiger charge is 2.18. The van der Waals surface area contributed by atoms with Gasteiger partial charge in [-0.3, -0.25) is 4.79 Å². The van der Waals surface area contributed by atoms with E-state index in [1.807, 2.05) is 37.3 Å². The highest BCUT2D eigenvalue weighted by molar-refractivity contribution is 6.31. The van der Waals surface area contributed by atoms with Crippen molar-refractivity contribution in [2.75, 3.05) is 13.2 Å². The van der Waals surface area contributed by atoms with Crippen molar-refractivity contribution in [3.05, 3.63) is 64.4 Å². The van der Waals surface area contributed by atoms with Crippen molar-refractivity contribution < 1.29 is 18.7 Å². The Morgan fingerprint density at radius 2 is 2.07 bits per heavy atom. The van der Waals surface area contributed by atoms with Gasteiger partial charge in [0.05, 0.1) is 6.10 Å². The van der Waals surface area contributed by atoms with Crippen LogP contribution in [0, 0.1) is 6.92 Å². The topological polar surface area (TPSA) is 60.7 Å². The summed E-state index contributed by atoms with van der Waals surface area (Å²) in [5, 5.41) is 4.37. The molecule has 6 heteroatoms. The van der Waals surface area contributed by atoms with Crippen molar-refractivity contribution in [2.24, 2.45) is 0 Å². The Hall–Kier alpha value is -2.50. The summed E-state index contributed by atoms with van der Waals surface area (Å²) < 4.78 is 17.0. The fourth-order valence-corrected chi connectivity index (χ4v) is 3.51. The van der Waals surface area contributed by atoms with Gasteiger partial charge in [-0.15, -0.1) is 0 Å². The van der Waals surface area contributed by atoms with Crippen molar-refractivity contribution in [2.45, 2.75) is 32.4 Å². The number of fused-ring (bicyclic) bond motifs is 1. The molecule has 5 nitrogen and oxygen atoms in total. The minimum absolute atomic E-state index is 0.195. The zero-order valence-corrected chi connectivity index (χ0v) is 16.4. The van der Waals surface area contributed by atoms with Crippen LogP contribution >= 0.6 is 11.6 Å². The molecule has 1 aliphatic rings. The molecule has 1 saturated heterocycles. The molecule has 1 amide bonds. The number of hydrogen-bond donors (Lipinski definition) is 1. The summed E-state index contributed by atoms with van der Waals surface area (Å²) in [5.41, 5.74) is 2.42. The quantitative estimate of drug-likeness (QED) is 0.641. The second kappa shape index (κ2) is 8.25. The van der Waals surface area contributed by atoms with Gasteiger partial charge in [-0.1, -0.05) is 23.7 Å². The predicted octanol–water partition coefficient (Wildman–Crippen LogP) is 4.88. The number of nitrogens with one attached hydrogen (secondary N) is 1. The maximum absolute atomic E-state index is 12.5. The maximum Gasteiger partial charge on any atom is 0.287 e. The van der Waals surface area contributed by atoms with E-state index in [-0.39, 0.29) is 12.0 Å². The SMILES string of the molecule is Cc1c(C(=O)NCc2ccc(OCC3CCCO3)cc2)oc2ccc(Cl)cc12. The van der Waals surface area contributed by atoms with Gasteiger partial charge in [0.1, 0.15) is 17.9 Å². The molecule has 0 saturated carbocycles. The van der Waals surface area contributed by atoms with Crippen molar-refractivity contribution in [1.29, 1.82) is 0 Å².